The molecule has 0 radical (unpaired) electrons. The van der Waals surface area contributed by atoms with Gasteiger partial charge in [-0.15, -0.1) is 0 Å². The molecule has 0 bridgehead atoms. The molecule has 0 saturated carbocycles. The average molecular weight is 297 g/mol. The number of halogens is 2. The summed E-state index contributed by atoms with van der Waals surface area (Å²) >= 11 is 12.1. The average Bonchev–Trinajstić information content (AvgIpc) is 2.88. The van der Waals surface area contributed by atoms with Gasteiger partial charge in [0.2, 0.25) is 0 Å². The maximum atomic E-state index is 6.23. The van der Waals surface area contributed by atoms with Crippen LogP contribution in [0.4, 0.5) is 0 Å². The van der Waals surface area contributed by atoms with Crippen LogP contribution < -0.4 is 0 Å². The number of hydrogen-bond acceptors (Lipinski definition) is 2. The van der Waals surface area contributed by atoms with Crippen LogP contribution in [0, 0.1) is 0 Å². The number of ether oxygens (including phenoxy) is 1. The third kappa shape index (κ3) is 3.75. The van der Waals surface area contributed by atoms with Gasteiger partial charge in [-0.2, -0.15) is 0 Å². The predicted octanol–water partition coefficient (Wildman–Crippen LogP) is 4.48. The summed E-state index contributed by atoms with van der Waals surface area (Å²) < 4.78 is 7.66. The molecule has 0 spiro atoms. The van der Waals surface area contributed by atoms with E-state index in [9.17, 15) is 0 Å². The molecule has 0 aliphatic carbocycles. The van der Waals surface area contributed by atoms with Gasteiger partial charge in [-0.3, -0.25) is 0 Å². The third-order valence-corrected chi connectivity index (χ3v) is 3.19. The van der Waals surface area contributed by atoms with Gasteiger partial charge in [0.25, 0.3) is 0 Å². The lowest BCUT2D eigenvalue weighted by molar-refractivity contribution is 0.127. The van der Waals surface area contributed by atoms with Gasteiger partial charge in [0.1, 0.15) is 6.10 Å². The van der Waals surface area contributed by atoms with Crippen LogP contribution in [0.2, 0.25) is 10.0 Å². The van der Waals surface area contributed by atoms with E-state index in [4.69, 9.17) is 27.9 Å². The molecule has 1 heterocycles. The fourth-order valence-corrected chi connectivity index (χ4v) is 2.27. The lowest BCUT2D eigenvalue weighted by atomic mass is 10.1. The Hall–Kier alpha value is -1.45. The predicted molar refractivity (Wildman–Crippen MR) is 77.3 cm³/mol. The van der Waals surface area contributed by atoms with Crippen molar-refractivity contribution in [1.29, 1.82) is 0 Å². The molecule has 3 nitrogen and oxygen atoms in total. The first kappa shape index (κ1) is 14.0. The van der Waals surface area contributed by atoms with E-state index in [0.29, 0.717) is 16.6 Å². The molecule has 2 aromatic rings. The molecule has 1 aromatic carbocycles. The zero-order valence-corrected chi connectivity index (χ0v) is 12.0. The largest absolute Gasteiger partial charge is 0.492 e. The summed E-state index contributed by atoms with van der Waals surface area (Å²) in [5.74, 6) is 0. The van der Waals surface area contributed by atoms with Gasteiger partial charge in [0.05, 0.1) is 19.1 Å². The van der Waals surface area contributed by atoms with Crippen molar-refractivity contribution in [3.63, 3.8) is 0 Å². The number of allylic oxidation sites excluding steroid dienone is 1. The number of hydrogen-bond donors (Lipinski definition) is 0. The molecule has 0 amide bonds. The Morgan fingerprint density at radius 1 is 1.42 bits per heavy atom. The Morgan fingerprint density at radius 2 is 2.26 bits per heavy atom. The number of nitrogens with zero attached hydrogens (tertiary/aromatic N) is 2. The van der Waals surface area contributed by atoms with Gasteiger partial charge in [-0.05, 0) is 19.1 Å². The number of imidazole rings is 1. The fraction of sp³-hybridized carbons (Fsp3) is 0.214. The maximum absolute atomic E-state index is 6.23. The molecule has 0 aliphatic rings. The summed E-state index contributed by atoms with van der Waals surface area (Å²) in [6, 6.07) is 5.41. The topological polar surface area (TPSA) is 27.1 Å². The van der Waals surface area contributed by atoms with Crippen molar-refractivity contribution in [2.45, 2.75) is 19.6 Å². The minimum atomic E-state index is -0.185. The van der Waals surface area contributed by atoms with Crippen LogP contribution in [0.3, 0.4) is 0 Å². The van der Waals surface area contributed by atoms with E-state index < -0.39 is 0 Å². The lowest BCUT2D eigenvalue weighted by Crippen LogP contribution is -2.10. The van der Waals surface area contributed by atoms with Crippen molar-refractivity contribution < 1.29 is 4.74 Å². The molecule has 1 atom stereocenters. The number of rotatable bonds is 5. The van der Waals surface area contributed by atoms with Crippen LogP contribution in [0.5, 0.6) is 0 Å². The fourth-order valence-electron chi connectivity index (χ4n) is 1.74. The van der Waals surface area contributed by atoms with Crippen molar-refractivity contribution >= 4 is 23.2 Å². The van der Waals surface area contributed by atoms with Gasteiger partial charge < -0.3 is 9.30 Å². The van der Waals surface area contributed by atoms with E-state index in [2.05, 4.69) is 4.98 Å². The second-order valence-electron chi connectivity index (χ2n) is 4.02. The highest BCUT2D eigenvalue weighted by molar-refractivity contribution is 6.35. The Balaban J connectivity index is 2.25. The van der Waals surface area contributed by atoms with Crippen molar-refractivity contribution in [1.82, 2.24) is 9.55 Å². The van der Waals surface area contributed by atoms with Crippen molar-refractivity contribution in [3.8, 4) is 0 Å². The van der Waals surface area contributed by atoms with Gasteiger partial charge in [-0.1, -0.05) is 35.3 Å². The number of aromatic nitrogens is 2. The molecule has 100 valence electrons. The standard InChI is InChI=1S/C14H14Cl2N2O/c1-2-7-19-14(9-18-6-5-17-10-18)12-4-3-11(15)8-13(12)16/h2-8,10,14H,9H2,1H3. The SMILES string of the molecule is CC=COC(Cn1ccnc1)c1ccc(Cl)cc1Cl. The minimum absolute atomic E-state index is 0.185. The molecule has 0 fully saturated rings. The highest BCUT2D eigenvalue weighted by Gasteiger charge is 2.16. The first-order valence-corrected chi connectivity index (χ1v) is 6.63. The van der Waals surface area contributed by atoms with E-state index in [1.807, 2.05) is 35.9 Å². The van der Waals surface area contributed by atoms with E-state index >= 15 is 0 Å². The van der Waals surface area contributed by atoms with Crippen LogP contribution in [0.1, 0.15) is 18.6 Å². The summed E-state index contributed by atoms with van der Waals surface area (Å²) in [5, 5.41) is 1.21. The monoisotopic (exact) mass is 296 g/mol. The van der Waals surface area contributed by atoms with E-state index in [1.165, 1.54) is 0 Å². The molecule has 19 heavy (non-hydrogen) atoms. The molecule has 0 N–H and O–H groups in total. The maximum Gasteiger partial charge on any atom is 0.142 e. The first-order valence-electron chi connectivity index (χ1n) is 5.88. The van der Waals surface area contributed by atoms with Crippen molar-refractivity contribution in [3.05, 3.63) is 64.9 Å². The molecular formula is C14H14Cl2N2O. The first-order chi connectivity index (χ1) is 9.20. The van der Waals surface area contributed by atoms with Gasteiger partial charge in [-0.25, -0.2) is 4.98 Å². The summed E-state index contributed by atoms with van der Waals surface area (Å²) in [6.07, 6.45) is 8.68. The smallest absolute Gasteiger partial charge is 0.142 e. The highest BCUT2D eigenvalue weighted by atomic mass is 35.5. The summed E-state index contributed by atoms with van der Waals surface area (Å²) in [7, 11) is 0. The van der Waals surface area contributed by atoms with Crippen LogP contribution in [-0.2, 0) is 11.3 Å². The zero-order valence-electron chi connectivity index (χ0n) is 10.5. The van der Waals surface area contributed by atoms with Crippen LogP contribution in [0.15, 0.2) is 49.3 Å². The van der Waals surface area contributed by atoms with E-state index in [1.54, 1.807) is 24.9 Å². The summed E-state index contributed by atoms with van der Waals surface area (Å²) in [6.45, 7) is 2.53. The molecular weight excluding hydrogens is 283 g/mol. The molecule has 0 aliphatic heterocycles. The highest BCUT2D eigenvalue weighted by Crippen LogP contribution is 2.29. The van der Waals surface area contributed by atoms with Gasteiger partial charge in [0.15, 0.2) is 0 Å². The minimum Gasteiger partial charge on any atom is -0.492 e. The second kappa shape index (κ2) is 6.64. The third-order valence-electron chi connectivity index (χ3n) is 2.62. The molecule has 0 saturated heterocycles. The number of benzene rings is 1. The quantitative estimate of drug-likeness (QED) is 0.761. The summed E-state index contributed by atoms with van der Waals surface area (Å²) in [5.41, 5.74) is 0.901. The summed E-state index contributed by atoms with van der Waals surface area (Å²) in [4.78, 5) is 4.02. The molecule has 2 rings (SSSR count). The molecule has 5 heteroatoms. The Kier molecular flexibility index (Phi) is 4.88. The van der Waals surface area contributed by atoms with Crippen molar-refractivity contribution in [2.75, 3.05) is 0 Å². The van der Waals surface area contributed by atoms with Crippen LogP contribution in [-0.4, -0.2) is 9.55 Å². The lowest BCUT2D eigenvalue weighted by Gasteiger charge is -2.19. The van der Waals surface area contributed by atoms with Gasteiger partial charge >= 0.3 is 0 Å². The Labute approximate surface area is 122 Å². The van der Waals surface area contributed by atoms with E-state index in [0.717, 1.165) is 5.56 Å². The van der Waals surface area contributed by atoms with Crippen molar-refractivity contribution in [2.24, 2.45) is 0 Å². The second-order valence-corrected chi connectivity index (χ2v) is 4.86. The van der Waals surface area contributed by atoms with Crippen LogP contribution >= 0.6 is 23.2 Å². The normalized spacial score (nSPS) is 12.8. The Bertz CT molecular complexity index is 553. The molecule has 1 aromatic heterocycles. The zero-order chi connectivity index (χ0) is 13.7. The Morgan fingerprint density at radius 3 is 2.89 bits per heavy atom. The van der Waals surface area contributed by atoms with Gasteiger partial charge in [0, 0.05) is 28.0 Å². The van der Waals surface area contributed by atoms with Crippen LogP contribution in [0.25, 0.3) is 0 Å². The van der Waals surface area contributed by atoms with E-state index in [-0.39, 0.29) is 6.10 Å². The molecule has 1 unspecified atom stereocenters.